The van der Waals surface area contributed by atoms with Crippen molar-refractivity contribution < 1.29 is 27.4 Å². The van der Waals surface area contributed by atoms with Gasteiger partial charge in [0, 0.05) is 5.69 Å². The molecule has 25 heavy (non-hydrogen) atoms. The Morgan fingerprint density at radius 2 is 1.76 bits per heavy atom. The second-order valence-corrected chi connectivity index (χ2v) is 5.80. The van der Waals surface area contributed by atoms with Crippen LogP contribution in [0.25, 0.3) is 0 Å². The van der Waals surface area contributed by atoms with Gasteiger partial charge in [0.25, 0.3) is 0 Å². The number of hydrogen-bond donors (Lipinski definition) is 1. The molecule has 9 heteroatoms. The molecule has 0 aromatic heterocycles. The quantitative estimate of drug-likeness (QED) is 0.579. The van der Waals surface area contributed by atoms with E-state index < -0.39 is 23.4 Å². The number of benzene rings is 2. The molecule has 0 amide bonds. The van der Waals surface area contributed by atoms with Crippen LogP contribution in [0.4, 0.5) is 18.9 Å². The third-order valence-corrected chi connectivity index (χ3v) is 3.75. The Hall–Kier alpha value is -2.12. The minimum Gasteiger partial charge on any atom is -0.469 e. The number of rotatable bonds is 4. The van der Waals surface area contributed by atoms with Gasteiger partial charge >= 0.3 is 12.1 Å². The van der Waals surface area contributed by atoms with E-state index in [-0.39, 0.29) is 28.0 Å². The second-order valence-electron chi connectivity index (χ2n) is 4.99. The molecule has 0 aliphatic rings. The van der Waals surface area contributed by atoms with E-state index in [4.69, 9.17) is 33.7 Å². The molecular weight excluding hydrogens is 382 g/mol. The van der Waals surface area contributed by atoms with Crippen molar-refractivity contribution in [3.8, 4) is 11.5 Å². The number of hydrogen-bond acceptors (Lipinski definition) is 4. The van der Waals surface area contributed by atoms with E-state index in [0.717, 1.165) is 12.1 Å². The molecule has 0 saturated heterocycles. The predicted octanol–water partition coefficient (Wildman–Crippen LogP) is 5.10. The van der Waals surface area contributed by atoms with Crippen LogP contribution < -0.4 is 10.5 Å². The summed E-state index contributed by atoms with van der Waals surface area (Å²) in [5.41, 5.74) is 4.36. The molecule has 2 aromatic carbocycles. The van der Waals surface area contributed by atoms with Gasteiger partial charge in [0.15, 0.2) is 5.75 Å². The first-order chi connectivity index (χ1) is 11.6. The monoisotopic (exact) mass is 393 g/mol. The largest absolute Gasteiger partial charge is 0.469 e. The van der Waals surface area contributed by atoms with E-state index in [9.17, 15) is 18.0 Å². The zero-order valence-corrected chi connectivity index (χ0v) is 14.3. The lowest BCUT2D eigenvalue weighted by atomic mass is 10.1. The van der Waals surface area contributed by atoms with E-state index in [2.05, 4.69) is 4.74 Å². The number of halogens is 5. The molecule has 0 heterocycles. The number of esters is 1. The summed E-state index contributed by atoms with van der Waals surface area (Å²) >= 11 is 12.1. The number of nitrogen functional groups attached to an aromatic ring is 1. The van der Waals surface area contributed by atoms with Gasteiger partial charge in [-0.3, -0.25) is 4.79 Å². The van der Waals surface area contributed by atoms with Crippen LogP contribution in [-0.4, -0.2) is 13.1 Å². The van der Waals surface area contributed by atoms with Crippen molar-refractivity contribution in [2.45, 2.75) is 12.6 Å². The van der Waals surface area contributed by atoms with E-state index in [1.807, 2.05) is 0 Å². The Morgan fingerprint density at radius 3 is 2.28 bits per heavy atom. The third kappa shape index (κ3) is 4.70. The summed E-state index contributed by atoms with van der Waals surface area (Å²) in [6.07, 6.45) is -4.68. The molecule has 2 N–H and O–H groups in total. The summed E-state index contributed by atoms with van der Waals surface area (Å²) in [5.74, 6) is -0.657. The Morgan fingerprint density at radius 1 is 1.16 bits per heavy atom. The molecule has 0 unspecified atom stereocenters. The number of anilines is 1. The van der Waals surface area contributed by atoms with Crippen molar-refractivity contribution in [2.75, 3.05) is 12.8 Å². The lowest BCUT2D eigenvalue weighted by Gasteiger charge is -2.14. The zero-order chi connectivity index (χ0) is 18.8. The van der Waals surface area contributed by atoms with E-state index in [1.165, 1.54) is 25.3 Å². The first kappa shape index (κ1) is 19.2. The van der Waals surface area contributed by atoms with Crippen LogP contribution in [0.2, 0.25) is 10.0 Å². The lowest BCUT2D eigenvalue weighted by Crippen LogP contribution is -2.09. The molecule has 134 valence electrons. The maximum Gasteiger partial charge on any atom is 0.418 e. The van der Waals surface area contributed by atoms with Gasteiger partial charge in [-0.05, 0) is 35.9 Å². The molecular formula is C16H12Cl2F3NO3. The molecule has 0 atom stereocenters. The highest BCUT2D eigenvalue weighted by atomic mass is 35.5. The van der Waals surface area contributed by atoms with Crippen LogP contribution in [0.3, 0.4) is 0 Å². The number of carbonyl (C=O) groups excluding carboxylic acids is 1. The highest BCUT2D eigenvalue weighted by Crippen LogP contribution is 2.40. The van der Waals surface area contributed by atoms with Crippen molar-refractivity contribution in [1.29, 1.82) is 0 Å². The maximum absolute atomic E-state index is 12.9. The van der Waals surface area contributed by atoms with Gasteiger partial charge in [-0.15, -0.1) is 0 Å². The number of carbonyl (C=O) groups is 1. The number of alkyl halides is 3. The normalized spacial score (nSPS) is 11.3. The molecule has 0 spiro atoms. The molecule has 0 fully saturated rings. The van der Waals surface area contributed by atoms with Crippen molar-refractivity contribution in [2.24, 2.45) is 0 Å². The SMILES string of the molecule is COC(=O)Cc1cc(Cl)c(Oc2ccc(N)c(C(F)(F)F)c2)c(Cl)c1. The van der Waals surface area contributed by atoms with Gasteiger partial charge < -0.3 is 15.2 Å². The minimum atomic E-state index is -4.62. The molecule has 0 aliphatic carbocycles. The Bertz CT molecular complexity index is 787. The smallest absolute Gasteiger partial charge is 0.418 e. The first-order valence-corrected chi connectivity index (χ1v) is 7.56. The fraction of sp³-hybridized carbons (Fsp3) is 0.188. The standard InChI is InChI=1S/C16H12Cl2F3NO3/c1-24-14(23)6-8-4-11(17)15(12(18)5-8)25-9-2-3-13(22)10(7-9)16(19,20)21/h2-5,7H,6,22H2,1H3. The lowest BCUT2D eigenvalue weighted by molar-refractivity contribution is -0.140. The summed E-state index contributed by atoms with van der Waals surface area (Å²) in [4.78, 5) is 11.3. The van der Waals surface area contributed by atoms with Gasteiger partial charge in [-0.25, -0.2) is 0 Å². The Kier molecular flexibility index (Phi) is 5.69. The van der Waals surface area contributed by atoms with Crippen LogP contribution in [0.5, 0.6) is 11.5 Å². The summed E-state index contributed by atoms with van der Waals surface area (Å²) in [6.45, 7) is 0. The summed E-state index contributed by atoms with van der Waals surface area (Å²) in [7, 11) is 1.24. The van der Waals surface area contributed by atoms with Crippen LogP contribution >= 0.6 is 23.2 Å². The summed E-state index contributed by atoms with van der Waals surface area (Å²) < 4.78 is 48.6. The number of nitrogens with two attached hydrogens (primary N) is 1. The molecule has 2 aromatic rings. The van der Waals surface area contributed by atoms with Gasteiger partial charge in [-0.2, -0.15) is 13.2 Å². The average Bonchev–Trinajstić information content (AvgIpc) is 2.51. The number of methoxy groups -OCH3 is 1. The second kappa shape index (κ2) is 7.41. The molecule has 0 bridgehead atoms. The van der Waals surface area contributed by atoms with Crippen LogP contribution in [0, 0.1) is 0 Å². The first-order valence-electron chi connectivity index (χ1n) is 6.81. The molecule has 2 rings (SSSR count). The highest BCUT2D eigenvalue weighted by Gasteiger charge is 2.33. The Labute approximate surface area is 151 Å². The summed E-state index contributed by atoms with van der Waals surface area (Å²) in [5, 5.41) is 0.0774. The predicted molar refractivity (Wildman–Crippen MR) is 88.1 cm³/mol. The fourth-order valence-corrected chi connectivity index (χ4v) is 2.62. The molecule has 0 saturated carbocycles. The highest BCUT2D eigenvalue weighted by molar-refractivity contribution is 6.37. The van der Waals surface area contributed by atoms with E-state index in [1.54, 1.807) is 0 Å². The van der Waals surface area contributed by atoms with Crippen LogP contribution in [-0.2, 0) is 22.1 Å². The maximum atomic E-state index is 12.9. The van der Waals surface area contributed by atoms with Crippen molar-refractivity contribution in [3.63, 3.8) is 0 Å². The Balaban J connectivity index is 2.33. The average molecular weight is 394 g/mol. The van der Waals surface area contributed by atoms with Crippen LogP contribution in [0.1, 0.15) is 11.1 Å². The minimum absolute atomic E-state index is 0.0326. The van der Waals surface area contributed by atoms with Crippen molar-refractivity contribution in [1.82, 2.24) is 0 Å². The fourth-order valence-electron chi connectivity index (χ4n) is 2.01. The van der Waals surface area contributed by atoms with Gasteiger partial charge in [0.1, 0.15) is 5.75 Å². The van der Waals surface area contributed by atoms with Crippen LogP contribution in [0.15, 0.2) is 30.3 Å². The summed E-state index contributed by atoms with van der Waals surface area (Å²) in [6, 6.07) is 5.93. The van der Waals surface area contributed by atoms with Crippen molar-refractivity contribution >= 4 is 34.9 Å². The van der Waals surface area contributed by atoms with E-state index >= 15 is 0 Å². The van der Waals surface area contributed by atoms with E-state index in [0.29, 0.717) is 5.56 Å². The van der Waals surface area contributed by atoms with Gasteiger partial charge in [0.2, 0.25) is 0 Å². The molecule has 0 radical (unpaired) electrons. The van der Waals surface area contributed by atoms with Gasteiger partial charge in [-0.1, -0.05) is 23.2 Å². The van der Waals surface area contributed by atoms with Gasteiger partial charge in [0.05, 0.1) is 29.1 Å². The zero-order valence-electron chi connectivity index (χ0n) is 12.8. The third-order valence-electron chi connectivity index (χ3n) is 3.18. The van der Waals surface area contributed by atoms with Crippen molar-refractivity contribution in [3.05, 3.63) is 51.5 Å². The topological polar surface area (TPSA) is 61.5 Å². The number of ether oxygens (including phenoxy) is 2. The molecule has 0 aliphatic heterocycles. The molecule has 4 nitrogen and oxygen atoms in total.